The number of unbranched alkanes of at least 4 members (excludes halogenated alkanes) is 1. The van der Waals surface area contributed by atoms with Crippen LogP contribution in [0.4, 0.5) is 5.82 Å². The van der Waals surface area contributed by atoms with Crippen LogP contribution in [0.15, 0.2) is 36.4 Å². The molecule has 0 aliphatic heterocycles. The summed E-state index contributed by atoms with van der Waals surface area (Å²) in [6.07, 6.45) is 10.1. The van der Waals surface area contributed by atoms with E-state index in [1.807, 2.05) is 12.0 Å². The van der Waals surface area contributed by atoms with Crippen molar-refractivity contribution in [3.63, 3.8) is 0 Å². The monoisotopic (exact) mass is 529 g/mol. The number of anilines is 1. The molecule has 0 saturated heterocycles. The second-order valence-corrected chi connectivity index (χ2v) is 9.52. The maximum absolute atomic E-state index is 11.1. The molecule has 2 heterocycles. The first kappa shape index (κ1) is 27.7. The van der Waals surface area contributed by atoms with Gasteiger partial charge in [0.25, 0.3) is 5.91 Å². The molecule has 1 amide bonds. The van der Waals surface area contributed by atoms with E-state index >= 15 is 0 Å². The number of amides is 1. The van der Waals surface area contributed by atoms with E-state index in [1.54, 1.807) is 12.1 Å². The number of benzene rings is 2. The smallest absolute Gasteiger partial charge is 0.295 e. The lowest BCUT2D eigenvalue weighted by atomic mass is 10.1. The van der Waals surface area contributed by atoms with E-state index in [9.17, 15) is 15.0 Å². The first-order chi connectivity index (χ1) is 18.9. The number of nitrogen functional groups attached to an aromatic ring is 1. The summed E-state index contributed by atoms with van der Waals surface area (Å²) in [5.74, 6) is 2.57. The Morgan fingerprint density at radius 2 is 1.95 bits per heavy atom. The number of nitrogens with two attached hydrogens (primary N) is 1. The number of phenols is 2. The third kappa shape index (κ3) is 6.59. The van der Waals surface area contributed by atoms with Gasteiger partial charge in [0.1, 0.15) is 11.3 Å². The Balaban J connectivity index is 1.58. The topological polar surface area (TPSA) is 136 Å². The Hall–Kier alpha value is -4.29. The van der Waals surface area contributed by atoms with Gasteiger partial charge in [-0.3, -0.25) is 4.79 Å². The number of carbonyl (C=O) groups is 1. The molecule has 4 aromatic rings. The van der Waals surface area contributed by atoms with E-state index in [1.165, 1.54) is 6.07 Å². The van der Waals surface area contributed by atoms with Crippen LogP contribution in [0.1, 0.15) is 49.6 Å². The van der Waals surface area contributed by atoms with Crippen molar-refractivity contribution in [1.82, 2.24) is 19.9 Å². The van der Waals surface area contributed by atoms with E-state index in [-0.39, 0.29) is 11.5 Å². The van der Waals surface area contributed by atoms with Gasteiger partial charge in [0, 0.05) is 37.1 Å². The lowest BCUT2D eigenvalue weighted by Gasteiger charge is -2.13. The van der Waals surface area contributed by atoms with Gasteiger partial charge in [-0.05, 0) is 55.4 Å². The van der Waals surface area contributed by atoms with E-state index in [2.05, 4.69) is 33.9 Å². The standard InChI is InChI=1S/C30H35N5O4/c1-3-5-12-25-34-27-28(35(25)19-21-10-6-11-24(36)29(21)38)22-18-20(13-14-23(22)33-30(27)31)9-7-16-39-17-8-15-32-26(37)4-2/h2,6,10-11,13-14,18,36,38H,3,5,7-9,12,15-17,19H2,1H3,(H2,31,33)(H,32,37). The highest BCUT2D eigenvalue weighted by Gasteiger charge is 2.19. The minimum Gasteiger partial charge on any atom is -0.504 e. The number of fused-ring (bicyclic) bond motifs is 3. The van der Waals surface area contributed by atoms with Crippen molar-refractivity contribution < 1.29 is 19.7 Å². The summed E-state index contributed by atoms with van der Waals surface area (Å²) in [4.78, 5) is 20.6. The van der Waals surface area contributed by atoms with Crippen molar-refractivity contribution in [3.05, 3.63) is 53.3 Å². The number of carbonyl (C=O) groups excluding carboxylic acids is 1. The quantitative estimate of drug-likeness (QED) is 0.117. The van der Waals surface area contributed by atoms with E-state index in [0.29, 0.717) is 49.6 Å². The molecule has 4 rings (SSSR count). The third-order valence-corrected chi connectivity index (χ3v) is 6.66. The molecule has 9 nitrogen and oxygen atoms in total. The molecule has 0 radical (unpaired) electrons. The number of hydrogen-bond donors (Lipinski definition) is 4. The van der Waals surface area contributed by atoms with Crippen LogP contribution >= 0.6 is 0 Å². The van der Waals surface area contributed by atoms with Crippen molar-refractivity contribution in [3.8, 4) is 23.8 Å². The SMILES string of the molecule is C#CC(=O)NCCCOCCCc1ccc2nc(N)c3nc(CCCC)n(Cc4cccc(O)c4O)c3c2c1. The van der Waals surface area contributed by atoms with E-state index in [0.717, 1.165) is 59.9 Å². The van der Waals surface area contributed by atoms with Crippen LogP contribution in [0.25, 0.3) is 21.9 Å². The largest absolute Gasteiger partial charge is 0.504 e. The summed E-state index contributed by atoms with van der Waals surface area (Å²) >= 11 is 0. The molecule has 0 atom stereocenters. The predicted octanol–water partition coefficient (Wildman–Crippen LogP) is 4.06. The lowest BCUT2D eigenvalue weighted by Crippen LogP contribution is -2.23. The Kier molecular flexibility index (Phi) is 9.23. The highest BCUT2D eigenvalue weighted by Crippen LogP contribution is 2.34. The summed E-state index contributed by atoms with van der Waals surface area (Å²) in [5.41, 5.74) is 10.4. The summed E-state index contributed by atoms with van der Waals surface area (Å²) < 4.78 is 7.79. The molecule has 204 valence electrons. The minimum atomic E-state index is -0.408. The zero-order chi connectivity index (χ0) is 27.8. The number of nitrogens with one attached hydrogen (secondary N) is 1. The van der Waals surface area contributed by atoms with Crippen LogP contribution in [-0.2, 0) is 28.9 Å². The molecule has 0 bridgehead atoms. The maximum atomic E-state index is 11.1. The Morgan fingerprint density at radius 1 is 1.13 bits per heavy atom. The molecule has 0 spiro atoms. The van der Waals surface area contributed by atoms with Crippen LogP contribution < -0.4 is 11.1 Å². The van der Waals surface area contributed by atoms with Crippen LogP contribution in [0, 0.1) is 12.3 Å². The summed E-state index contributed by atoms with van der Waals surface area (Å²) in [7, 11) is 0. The number of aromatic hydroxyl groups is 2. The summed E-state index contributed by atoms with van der Waals surface area (Å²) in [5, 5.41) is 24.1. The van der Waals surface area contributed by atoms with Crippen molar-refractivity contribution >= 4 is 33.7 Å². The van der Waals surface area contributed by atoms with Crippen molar-refractivity contribution in [2.75, 3.05) is 25.5 Å². The predicted molar refractivity (Wildman–Crippen MR) is 153 cm³/mol. The number of aryl methyl sites for hydroxylation is 2. The zero-order valence-electron chi connectivity index (χ0n) is 22.2. The number of rotatable bonds is 13. The first-order valence-electron chi connectivity index (χ1n) is 13.3. The van der Waals surface area contributed by atoms with Gasteiger partial charge in [-0.25, -0.2) is 9.97 Å². The number of terminal acetylenes is 1. The minimum absolute atomic E-state index is 0.133. The molecule has 9 heteroatoms. The Bertz CT molecular complexity index is 1510. The average Bonchev–Trinajstić information content (AvgIpc) is 3.30. The molecular formula is C30H35N5O4. The van der Waals surface area contributed by atoms with Crippen LogP contribution in [0.3, 0.4) is 0 Å². The fraction of sp³-hybridized carbons (Fsp3) is 0.367. The van der Waals surface area contributed by atoms with Crippen LogP contribution in [0.2, 0.25) is 0 Å². The van der Waals surface area contributed by atoms with Gasteiger partial charge in [-0.15, -0.1) is 6.42 Å². The Morgan fingerprint density at radius 3 is 2.74 bits per heavy atom. The zero-order valence-corrected chi connectivity index (χ0v) is 22.2. The van der Waals surface area contributed by atoms with E-state index in [4.69, 9.17) is 21.9 Å². The fourth-order valence-corrected chi connectivity index (χ4v) is 4.64. The first-order valence-corrected chi connectivity index (χ1v) is 13.3. The number of hydrogen-bond acceptors (Lipinski definition) is 7. The van der Waals surface area contributed by atoms with Gasteiger partial charge >= 0.3 is 0 Å². The van der Waals surface area contributed by atoms with Gasteiger partial charge in [0.15, 0.2) is 17.3 Å². The highest BCUT2D eigenvalue weighted by atomic mass is 16.5. The number of nitrogens with zero attached hydrogens (tertiary/aromatic N) is 3. The van der Waals surface area contributed by atoms with Gasteiger partial charge in [0.05, 0.1) is 17.6 Å². The maximum Gasteiger partial charge on any atom is 0.295 e. The number of pyridine rings is 1. The highest BCUT2D eigenvalue weighted by molar-refractivity contribution is 6.06. The molecule has 2 aromatic heterocycles. The van der Waals surface area contributed by atoms with Gasteiger partial charge in [-0.1, -0.05) is 31.5 Å². The normalized spacial score (nSPS) is 11.2. The van der Waals surface area contributed by atoms with Crippen LogP contribution in [0.5, 0.6) is 11.5 Å². The molecule has 0 saturated carbocycles. The lowest BCUT2D eigenvalue weighted by molar-refractivity contribution is -0.115. The molecule has 39 heavy (non-hydrogen) atoms. The molecular weight excluding hydrogens is 494 g/mol. The molecule has 0 aliphatic rings. The number of phenolic OH excluding ortho intramolecular Hbond substituents is 2. The number of aromatic nitrogens is 3. The summed E-state index contributed by atoms with van der Waals surface area (Å²) in [6, 6.07) is 11.1. The number of ether oxygens (including phenoxy) is 1. The summed E-state index contributed by atoms with van der Waals surface area (Å²) in [6.45, 7) is 4.12. The molecule has 5 N–H and O–H groups in total. The molecule has 0 aliphatic carbocycles. The molecule has 0 unspecified atom stereocenters. The van der Waals surface area contributed by atoms with Gasteiger partial charge in [0.2, 0.25) is 0 Å². The second kappa shape index (κ2) is 13.0. The van der Waals surface area contributed by atoms with Gasteiger partial charge in [-0.2, -0.15) is 0 Å². The fourth-order valence-electron chi connectivity index (χ4n) is 4.64. The molecule has 0 fully saturated rings. The average molecular weight is 530 g/mol. The second-order valence-electron chi connectivity index (χ2n) is 9.52. The number of para-hydroxylation sites is 1. The number of imidazole rings is 1. The Labute approximate surface area is 228 Å². The third-order valence-electron chi connectivity index (χ3n) is 6.66. The van der Waals surface area contributed by atoms with Crippen molar-refractivity contribution in [1.29, 1.82) is 0 Å². The van der Waals surface area contributed by atoms with Crippen molar-refractivity contribution in [2.45, 2.75) is 52.0 Å². The van der Waals surface area contributed by atoms with Crippen molar-refractivity contribution in [2.24, 2.45) is 0 Å². The van der Waals surface area contributed by atoms with Gasteiger partial charge < -0.3 is 30.6 Å². The molecule has 2 aromatic carbocycles. The van der Waals surface area contributed by atoms with E-state index < -0.39 is 5.91 Å². The van der Waals surface area contributed by atoms with Crippen LogP contribution in [-0.4, -0.2) is 50.4 Å².